The summed E-state index contributed by atoms with van der Waals surface area (Å²) in [7, 11) is 0. The van der Waals surface area contributed by atoms with Crippen molar-refractivity contribution in [2.45, 2.75) is 46.1 Å². The van der Waals surface area contributed by atoms with Crippen molar-refractivity contribution in [1.29, 1.82) is 0 Å². The average molecular weight is 251 g/mol. The van der Waals surface area contributed by atoms with E-state index in [1.807, 2.05) is 0 Å². The van der Waals surface area contributed by atoms with Crippen LogP contribution in [0.2, 0.25) is 0 Å². The van der Waals surface area contributed by atoms with Gasteiger partial charge in [0.2, 0.25) is 0 Å². The molecule has 1 aromatic rings. The van der Waals surface area contributed by atoms with E-state index < -0.39 is 11.0 Å². The molecular weight excluding hydrogens is 230 g/mol. The lowest BCUT2D eigenvalue weighted by molar-refractivity contribution is -0.384. The van der Waals surface area contributed by atoms with Crippen LogP contribution in [0.4, 0.5) is 5.69 Å². The molecule has 0 aliphatic heterocycles. The molecule has 0 aliphatic carbocycles. The fourth-order valence-corrected chi connectivity index (χ4v) is 1.94. The molecule has 0 saturated carbocycles. The number of hydrogen-bond acceptors (Lipinski definition) is 3. The fourth-order valence-electron chi connectivity index (χ4n) is 1.94. The summed E-state index contributed by atoms with van der Waals surface area (Å²) in [6.45, 7) is 6.39. The van der Waals surface area contributed by atoms with Crippen molar-refractivity contribution in [2.24, 2.45) is 5.41 Å². The van der Waals surface area contributed by atoms with Gasteiger partial charge >= 0.3 is 0 Å². The summed E-state index contributed by atoms with van der Waals surface area (Å²) >= 11 is 0. The maximum atomic E-state index is 10.5. The number of aliphatic hydroxyl groups is 1. The minimum atomic E-state index is -0.560. The van der Waals surface area contributed by atoms with Gasteiger partial charge in [-0.2, -0.15) is 0 Å². The Kier molecular flexibility index (Phi) is 4.84. The number of aliphatic hydroxyl groups excluding tert-OH is 1. The highest BCUT2D eigenvalue weighted by atomic mass is 16.6. The standard InChI is InChI=1S/C14H21NO3/c1-4-14(3,5-2)10-13(16)11-6-8-12(9-7-11)15(17)18/h6-9,13,16H,4-5,10H2,1-3H3. The number of nitro groups is 1. The first kappa shape index (κ1) is 14.6. The molecule has 1 atom stereocenters. The summed E-state index contributed by atoms with van der Waals surface area (Å²) in [5, 5.41) is 20.7. The monoisotopic (exact) mass is 251 g/mol. The van der Waals surface area contributed by atoms with E-state index in [1.54, 1.807) is 12.1 Å². The zero-order valence-corrected chi connectivity index (χ0v) is 11.2. The normalized spacial score (nSPS) is 13.3. The van der Waals surface area contributed by atoms with E-state index in [-0.39, 0.29) is 11.1 Å². The Balaban J connectivity index is 2.78. The van der Waals surface area contributed by atoms with Gasteiger partial charge in [-0.05, 0) is 29.5 Å². The number of rotatable bonds is 6. The first-order valence-electron chi connectivity index (χ1n) is 6.34. The lowest BCUT2D eigenvalue weighted by Gasteiger charge is -2.29. The topological polar surface area (TPSA) is 63.4 Å². The van der Waals surface area contributed by atoms with Crippen LogP contribution in [0, 0.1) is 15.5 Å². The molecule has 4 nitrogen and oxygen atoms in total. The van der Waals surface area contributed by atoms with E-state index >= 15 is 0 Å². The van der Waals surface area contributed by atoms with Gasteiger partial charge < -0.3 is 5.11 Å². The van der Waals surface area contributed by atoms with Crippen LogP contribution in [0.15, 0.2) is 24.3 Å². The van der Waals surface area contributed by atoms with Gasteiger partial charge in [0.15, 0.2) is 0 Å². The zero-order valence-electron chi connectivity index (χ0n) is 11.2. The summed E-state index contributed by atoms with van der Waals surface area (Å²) in [6.07, 6.45) is 2.13. The molecule has 1 rings (SSSR count). The van der Waals surface area contributed by atoms with Crippen molar-refractivity contribution in [3.8, 4) is 0 Å². The molecule has 4 heteroatoms. The summed E-state index contributed by atoms with van der Waals surface area (Å²) in [4.78, 5) is 10.1. The molecule has 0 heterocycles. The first-order valence-corrected chi connectivity index (χ1v) is 6.34. The van der Waals surface area contributed by atoms with Gasteiger partial charge in [0.05, 0.1) is 11.0 Å². The molecule has 0 radical (unpaired) electrons. The summed E-state index contributed by atoms with van der Waals surface area (Å²) < 4.78 is 0. The summed E-state index contributed by atoms with van der Waals surface area (Å²) in [5.41, 5.74) is 0.912. The van der Waals surface area contributed by atoms with Crippen LogP contribution in [0.3, 0.4) is 0 Å². The van der Waals surface area contributed by atoms with Crippen LogP contribution < -0.4 is 0 Å². The largest absolute Gasteiger partial charge is 0.388 e. The number of nitrogens with zero attached hydrogens (tertiary/aromatic N) is 1. The second-order valence-corrected chi connectivity index (χ2v) is 5.09. The molecule has 0 fully saturated rings. The maximum absolute atomic E-state index is 10.5. The van der Waals surface area contributed by atoms with Crippen LogP contribution in [0.25, 0.3) is 0 Å². The molecule has 1 unspecified atom stereocenters. The third-order valence-corrected chi connectivity index (χ3v) is 3.88. The van der Waals surface area contributed by atoms with Gasteiger partial charge in [-0.1, -0.05) is 33.6 Å². The summed E-state index contributed by atoms with van der Waals surface area (Å²) in [5.74, 6) is 0. The lowest BCUT2D eigenvalue weighted by atomic mass is 9.78. The molecule has 1 N–H and O–H groups in total. The molecule has 0 amide bonds. The van der Waals surface area contributed by atoms with Gasteiger partial charge in [-0.3, -0.25) is 10.1 Å². The fraction of sp³-hybridized carbons (Fsp3) is 0.571. The van der Waals surface area contributed by atoms with Crippen LogP contribution in [0.5, 0.6) is 0 Å². The first-order chi connectivity index (χ1) is 8.41. The van der Waals surface area contributed by atoms with Crippen molar-refractivity contribution in [3.63, 3.8) is 0 Å². The van der Waals surface area contributed by atoms with Crippen molar-refractivity contribution >= 4 is 5.69 Å². The highest BCUT2D eigenvalue weighted by Gasteiger charge is 2.24. The average Bonchev–Trinajstić information content (AvgIpc) is 2.38. The van der Waals surface area contributed by atoms with E-state index in [0.717, 1.165) is 18.4 Å². The van der Waals surface area contributed by atoms with Gasteiger partial charge in [-0.15, -0.1) is 0 Å². The molecule has 18 heavy (non-hydrogen) atoms. The van der Waals surface area contributed by atoms with Gasteiger partial charge in [0, 0.05) is 12.1 Å². The quantitative estimate of drug-likeness (QED) is 0.617. The Morgan fingerprint density at radius 2 is 1.78 bits per heavy atom. The predicted molar refractivity (Wildman–Crippen MR) is 71.4 cm³/mol. The Hall–Kier alpha value is -1.42. The molecular formula is C14H21NO3. The third kappa shape index (κ3) is 3.53. The van der Waals surface area contributed by atoms with Gasteiger partial charge in [-0.25, -0.2) is 0 Å². The molecule has 1 aromatic carbocycles. The van der Waals surface area contributed by atoms with Crippen molar-refractivity contribution in [2.75, 3.05) is 0 Å². The summed E-state index contributed by atoms with van der Waals surface area (Å²) in [6, 6.07) is 6.14. The molecule has 100 valence electrons. The van der Waals surface area contributed by atoms with Crippen LogP contribution in [-0.4, -0.2) is 10.0 Å². The molecule has 0 bridgehead atoms. The van der Waals surface area contributed by atoms with Crippen LogP contribution in [0.1, 0.15) is 51.7 Å². The van der Waals surface area contributed by atoms with Crippen molar-refractivity contribution < 1.29 is 10.0 Å². The van der Waals surface area contributed by atoms with E-state index in [4.69, 9.17) is 0 Å². The van der Waals surface area contributed by atoms with Crippen molar-refractivity contribution in [3.05, 3.63) is 39.9 Å². The van der Waals surface area contributed by atoms with Crippen molar-refractivity contribution in [1.82, 2.24) is 0 Å². The van der Waals surface area contributed by atoms with Crippen LogP contribution in [-0.2, 0) is 0 Å². The highest BCUT2D eigenvalue weighted by molar-refractivity contribution is 5.33. The van der Waals surface area contributed by atoms with E-state index in [1.165, 1.54) is 12.1 Å². The SMILES string of the molecule is CCC(C)(CC)CC(O)c1ccc([N+](=O)[O-])cc1. The highest BCUT2D eigenvalue weighted by Crippen LogP contribution is 2.36. The second-order valence-electron chi connectivity index (χ2n) is 5.09. The molecule has 0 saturated heterocycles. The van der Waals surface area contributed by atoms with Crippen LogP contribution >= 0.6 is 0 Å². The van der Waals surface area contributed by atoms with Gasteiger partial charge in [0.1, 0.15) is 0 Å². The number of hydrogen-bond donors (Lipinski definition) is 1. The minimum Gasteiger partial charge on any atom is -0.388 e. The number of non-ortho nitro benzene ring substituents is 1. The Morgan fingerprint density at radius 3 is 2.17 bits per heavy atom. The Labute approximate surface area is 108 Å². The Bertz CT molecular complexity index is 396. The predicted octanol–water partition coefficient (Wildman–Crippen LogP) is 3.84. The number of benzene rings is 1. The number of nitro benzene ring substituents is 1. The molecule has 0 aromatic heterocycles. The van der Waals surface area contributed by atoms with E-state index in [9.17, 15) is 15.2 Å². The van der Waals surface area contributed by atoms with E-state index in [2.05, 4.69) is 20.8 Å². The lowest BCUT2D eigenvalue weighted by Crippen LogP contribution is -2.18. The second kappa shape index (κ2) is 5.96. The minimum absolute atomic E-state index is 0.0553. The molecule has 0 aliphatic rings. The van der Waals surface area contributed by atoms with E-state index in [0.29, 0.717) is 6.42 Å². The third-order valence-electron chi connectivity index (χ3n) is 3.88. The molecule has 0 spiro atoms. The smallest absolute Gasteiger partial charge is 0.269 e. The maximum Gasteiger partial charge on any atom is 0.269 e. The Morgan fingerprint density at radius 1 is 1.28 bits per heavy atom. The zero-order chi connectivity index (χ0) is 13.8. The van der Waals surface area contributed by atoms with Gasteiger partial charge in [0.25, 0.3) is 5.69 Å².